The van der Waals surface area contributed by atoms with Gasteiger partial charge in [0.05, 0.1) is 10.9 Å². The summed E-state index contributed by atoms with van der Waals surface area (Å²) < 4.78 is 14.0. The second kappa shape index (κ2) is 7.86. The first-order valence-corrected chi connectivity index (χ1v) is 9.96. The molecule has 0 spiro atoms. The van der Waals surface area contributed by atoms with E-state index in [-0.39, 0.29) is 24.2 Å². The molecule has 0 unspecified atom stereocenters. The maximum atomic E-state index is 12.5. The summed E-state index contributed by atoms with van der Waals surface area (Å²) >= 11 is 0. The Labute approximate surface area is 179 Å². The first-order chi connectivity index (χ1) is 14.8. The van der Waals surface area contributed by atoms with Crippen LogP contribution < -0.4 is 10.3 Å². The van der Waals surface area contributed by atoms with E-state index < -0.39 is 5.97 Å². The van der Waals surface area contributed by atoms with Crippen molar-refractivity contribution < 1.29 is 14.3 Å². The van der Waals surface area contributed by atoms with Gasteiger partial charge in [-0.15, -0.1) is 10.2 Å². The quantitative estimate of drug-likeness (QED) is 0.461. The monoisotopic (exact) mass is 420 g/mol. The molecule has 2 aromatic carbocycles. The third kappa shape index (κ3) is 4.01. The molecule has 0 bridgehead atoms. The lowest BCUT2D eigenvalue weighted by Gasteiger charge is -2.19. The summed E-state index contributed by atoms with van der Waals surface area (Å²) in [4.78, 5) is 24.7. The molecular weight excluding hydrogens is 396 g/mol. The van der Waals surface area contributed by atoms with E-state index in [9.17, 15) is 9.59 Å². The van der Waals surface area contributed by atoms with Gasteiger partial charge in [0.25, 0.3) is 5.56 Å². The summed E-state index contributed by atoms with van der Waals surface area (Å²) in [5, 5.41) is 8.72. The van der Waals surface area contributed by atoms with E-state index in [0.717, 1.165) is 0 Å². The van der Waals surface area contributed by atoms with Crippen LogP contribution in [0.2, 0.25) is 0 Å². The highest BCUT2D eigenvalue weighted by Gasteiger charge is 2.16. The highest BCUT2D eigenvalue weighted by molar-refractivity contribution is 5.80. The van der Waals surface area contributed by atoms with E-state index in [4.69, 9.17) is 9.47 Å². The predicted molar refractivity (Wildman–Crippen MR) is 116 cm³/mol. The van der Waals surface area contributed by atoms with Crippen LogP contribution in [0.15, 0.2) is 53.3 Å². The molecule has 0 saturated heterocycles. The number of esters is 1. The second-order valence-electron chi connectivity index (χ2n) is 8.36. The van der Waals surface area contributed by atoms with Crippen LogP contribution in [0.4, 0.5) is 0 Å². The molecule has 2 aromatic heterocycles. The number of fused-ring (bicyclic) bond motifs is 3. The van der Waals surface area contributed by atoms with Crippen molar-refractivity contribution in [2.24, 2.45) is 7.05 Å². The normalized spacial score (nSPS) is 11.7. The molecule has 4 rings (SSSR count). The number of hydrogen-bond donors (Lipinski definition) is 0. The molecule has 8 heteroatoms. The van der Waals surface area contributed by atoms with Crippen molar-refractivity contribution >= 4 is 22.6 Å². The molecular formula is C23H24N4O4. The summed E-state index contributed by atoms with van der Waals surface area (Å²) in [5.41, 5.74) is 1.73. The van der Waals surface area contributed by atoms with Crippen molar-refractivity contribution in [3.8, 4) is 5.75 Å². The molecule has 8 nitrogen and oxygen atoms in total. The average Bonchev–Trinajstić information content (AvgIpc) is 3.18. The van der Waals surface area contributed by atoms with E-state index in [1.54, 1.807) is 23.6 Å². The number of carbonyl (C=O) groups excluding carboxylic acids is 1. The number of aromatic nitrogens is 4. The minimum absolute atomic E-state index is 0.0478. The molecule has 0 amide bonds. The van der Waals surface area contributed by atoms with Crippen LogP contribution in [0.5, 0.6) is 5.75 Å². The van der Waals surface area contributed by atoms with Gasteiger partial charge in [-0.3, -0.25) is 13.8 Å². The lowest BCUT2D eigenvalue weighted by atomic mass is 9.87. The van der Waals surface area contributed by atoms with Crippen LogP contribution >= 0.6 is 0 Å². The van der Waals surface area contributed by atoms with E-state index in [0.29, 0.717) is 28.3 Å². The first kappa shape index (κ1) is 20.6. The Bertz CT molecular complexity index is 1310. The zero-order valence-corrected chi connectivity index (χ0v) is 18.0. The Morgan fingerprint density at radius 3 is 2.45 bits per heavy atom. The zero-order valence-electron chi connectivity index (χ0n) is 18.0. The molecule has 4 aromatic rings. The summed E-state index contributed by atoms with van der Waals surface area (Å²) in [6.07, 6.45) is 0. The van der Waals surface area contributed by atoms with E-state index in [2.05, 4.69) is 31.0 Å². The van der Waals surface area contributed by atoms with Crippen molar-refractivity contribution in [2.75, 3.05) is 6.61 Å². The molecule has 0 atom stereocenters. The molecule has 0 saturated carbocycles. The fourth-order valence-corrected chi connectivity index (χ4v) is 3.37. The minimum atomic E-state index is -0.522. The third-order valence-corrected chi connectivity index (χ3v) is 5.13. The fraction of sp³-hybridized carbons (Fsp3) is 0.304. The maximum Gasteiger partial charge on any atom is 0.344 e. The number of aryl methyl sites for hydroxylation is 1. The molecule has 0 aliphatic rings. The van der Waals surface area contributed by atoms with Gasteiger partial charge in [-0.25, -0.2) is 4.79 Å². The summed E-state index contributed by atoms with van der Waals surface area (Å²) in [6, 6.07) is 14.8. The Morgan fingerprint density at radius 2 is 1.74 bits per heavy atom. The maximum absolute atomic E-state index is 12.5. The minimum Gasteiger partial charge on any atom is -0.482 e. The Morgan fingerprint density at radius 1 is 1.03 bits per heavy atom. The zero-order chi connectivity index (χ0) is 22.2. The molecule has 160 valence electrons. The van der Waals surface area contributed by atoms with Gasteiger partial charge in [0, 0.05) is 7.05 Å². The molecule has 2 heterocycles. The van der Waals surface area contributed by atoms with Crippen molar-refractivity contribution in [1.82, 2.24) is 19.2 Å². The van der Waals surface area contributed by atoms with Crippen molar-refractivity contribution in [3.63, 3.8) is 0 Å². The standard InChI is InChI=1S/C23H24N4O4/c1-23(2,3)15-9-11-16(12-10-15)30-14-20(28)31-13-19-24-25-22-26(4)21(29)17-7-5-6-8-18(17)27(19)22/h5-12H,13-14H2,1-4H3. The molecule has 0 fully saturated rings. The molecule has 0 radical (unpaired) electrons. The van der Waals surface area contributed by atoms with Crippen LogP contribution in [0, 0.1) is 0 Å². The van der Waals surface area contributed by atoms with Gasteiger partial charge in [0.2, 0.25) is 5.78 Å². The number of ether oxygens (including phenoxy) is 2. The topological polar surface area (TPSA) is 87.7 Å². The van der Waals surface area contributed by atoms with E-state index in [1.807, 2.05) is 36.4 Å². The van der Waals surface area contributed by atoms with Gasteiger partial charge in [0.15, 0.2) is 19.0 Å². The number of para-hydroxylation sites is 1. The number of hydrogen-bond acceptors (Lipinski definition) is 6. The first-order valence-electron chi connectivity index (χ1n) is 9.96. The fourth-order valence-electron chi connectivity index (χ4n) is 3.37. The van der Waals surface area contributed by atoms with Crippen LogP contribution in [-0.4, -0.2) is 31.7 Å². The van der Waals surface area contributed by atoms with Crippen LogP contribution in [0.1, 0.15) is 32.2 Å². The Balaban J connectivity index is 1.46. The van der Waals surface area contributed by atoms with Gasteiger partial charge in [-0.05, 0) is 35.2 Å². The Hall–Kier alpha value is -3.68. The highest BCUT2D eigenvalue weighted by atomic mass is 16.6. The number of benzene rings is 2. The van der Waals surface area contributed by atoms with Gasteiger partial charge in [-0.2, -0.15) is 0 Å². The lowest BCUT2D eigenvalue weighted by molar-refractivity contribution is -0.147. The predicted octanol–water partition coefficient (Wildman–Crippen LogP) is 3.00. The van der Waals surface area contributed by atoms with Gasteiger partial charge in [-0.1, -0.05) is 45.0 Å². The van der Waals surface area contributed by atoms with Crippen molar-refractivity contribution in [2.45, 2.75) is 32.8 Å². The van der Waals surface area contributed by atoms with E-state index >= 15 is 0 Å². The van der Waals surface area contributed by atoms with E-state index in [1.165, 1.54) is 10.1 Å². The van der Waals surface area contributed by atoms with Gasteiger partial charge >= 0.3 is 5.97 Å². The van der Waals surface area contributed by atoms with Crippen LogP contribution in [0.3, 0.4) is 0 Å². The summed E-state index contributed by atoms with van der Waals surface area (Å²) in [7, 11) is 1.63. The highest BCUT2D eigenvalue weighted by Crippen LogP contribution is 2.24. The molecule has 0 aliphatic carbocycles. The molecule has 31 heavy (non-hydrogen) atoms. The number of carbonyl (C=O) groups is 1. The van der Waals surface area contributed by atoms with Crippen LogP contribution in [0.25, 0.3) is 16.7 Å². The summed E-state index contributed by atoms with van der Waals surface area (Å²) in [5.74, 6) is 0.874. The molecule has 0 aliphatic heterocycles. The van der Waals surface area contributed by atoms with Gasteiger partial charge in [0.1, 0.15) is 5.75 Å². The summed E-state index contributed by atoms with van der Waals surface area (Å²) in [6.45, 7) is 6.10. The second-order valence-corrected chi connectivity index (χ2v) is 8.36. The largest absolute Gasteiger partial charge is 0.482 e. The SMILES string of the molecule is Cn1c(=O)c2ccccc2n2c(COC(=O)COc3ccc(C(C)(C)C)cc3)nnc12. The number of rotatable bonds is 5. The average molecular weight is 420 g/mol. The lowest BCUT2D eigenvalue weighted by Crippen LogP contribution is -2.21. The van der Waals surface area contributed by atoms with Crippen LogP contribution in [-0.2, 0) is 28.6 Å². The van der Waals surface area contributed by atoms with Crippen molar-refractivity contribution in [3.05, 3.63) is 70.3 Å². The molecule has 0 N–H and O–H groups in total. The smallest absolute Gasteiger partial charge is 0.344 e. The Kier molecular flexibility index (Phi) is 5.22. The van der Waals surface area contributed by atoms with Crippen molar-refractivity contribution in [1.29, 1.82) is 0 Å². The number of nitrogens with zero attached hydrogens (tertiary/aromatic N) is 4. The van der Waals surface area contributed by atoms with Gasteiger partial charge < -0.3 is 9.47 Å². The third-order valence-electron chi connectivity index (χ3n) is 5.13.